The van der Waals surface area contributed by atoms with Crippen LogP contribution in [0.1, 0.15) is 5.56 Å². The topological polar surface area (TPSA) is 66.7 Å². The van der Waals surface area contributed by atoms with Crippen LogP contribution in [0.4, 0.5) is 10.5 Å². The summed E-state index contributed by atoms with van der Waals surface area (Å²) in [5.41, 5.74) is 1.83. The summed E-state index contributed by atoms with van der Waals surface area (Å²) in [6.45, 7) is 0. The van der Waals surface area contributed by atoms with Crippen LogP contribution in [0.2, 0.25) is 0 Å². The van der Waals surface area contributed by atoms with Gasteiger partial charge in [0, 0.05) is 38.6 Å². The predicted octanol–water partition coefficient (Wildman–Crippen LogP) is 3.00. The molecule has 2 rings (SSSR count). The van der Waals surface area contributed by atoms with E-state index in [0.717, 1.165) is 11.1 Å². The summed E-state index contributed by atoms with van der Waals surface area (Å²) < 4.78 is 0. The third-order valence-electron chi connectivity index (χ3n) is 2.90. The van der Waals surface area contributed by atoms with Crippen LogP contribution in [-0.4, -0.2) is 34.8 Å². The van der Waals surface area contributed by atoms with Crippen molar-refractivity contribution in [2.24, 2.45) is 0 Å². The lowest BCUT2D eigenvalue weighted by Gasteiger charge is -2.21. The molecule has 1 aliphatic heterocycles. The molecule has 1 aromatic rings. The number of rotatable bonds is 2. The molecule has 0 saturated carbocycles. The van der Waals surface area contributed by atoms with E-state index in [4.69, 9.17) is 0 Å². The Hall–Kier alpha value is -2.89. The van der Waals surface area contributed by atoms with Crippen molar-refractivity contribution in [2.45, 2.75) is 0 Å². The Balaban J connectivity index is 2.11. The van der Waals surface area contributed by atoms with Crippen molar-refractivity contribution in [1.82, 2.24) is 9.80 Å². The molecule has 1 aliphatic rings. The number of hydrogen-bond acceptors (Lipinski definition) is 3. The second kappa shape index (κ2) is 6.04. The van der Waals surface area contributed by atoms with Crippen LogP contribution in [0.5, 0.6) is 0 Å². The third kappa shape index (κ3) is 3.56. The Morgan fingerprint density at radius 2 is 1.76 bits per heavy atom. The minimum absolute atomic E-state index is 0.0645. The summed E-state index contributed by atoms with van der Waals surface area (Å²) in [5.74, 6) is 0. The van der Waals surface area contributed by atoms with E-state index < -0.39 is 4.92 Å². The van der Waals surface area contributed by atoms with Gasteiger partial charge in [0.2, 0.25) is 0 Å². The number of carbonyl (C=O) groups is 1. The standard InChI is InChI=1S/C15H15N3O3/c1-16(2)15(19)17-9-7-13(8-10-17)11-12-3-5-14(6-4-12)18(20)21/h3-11H,1-2H3. The number of hydrogen-bond donors (Lipinski definition) is 0. The van der Waals surface area contributed by atoms with Gasteiger partial charge in [0.1, 0.15) is 0 Å². The van der Waals surface area contributed by atoms with Gasteiger partial charge in [-0.25, -0.2) is 4.79 Å². The third-order valence-corrected chi connectivity index (χ3v) is 2.90. The summed E-state index contributed by atoms with van der Waals surface area (Å²) in [4.78, 5) is 24.9. The van der Waals surface area contributed by atoms with Crippen molar-refractivity contribution >= 4 is 17.8 Å². The highest BCUT2D eigenvalue weighted by Gasteiger charge is 2.12. The van der Waals surface area contributed by atoms with E-state index in [1.165, 1.54) is 21.9 Å². The fourth-order valence-electron chi connectivity index (χ4n) is 1.78. The molecule has 0 saturated heterocycles. The second-order valence-electron chi connectivity index (χ2n) is 4.71. The average Bonchev–Trinajstić information content (AvgIpc) is 2.47. The number of nitro benzene ring substituents is 1. The fourth-order valence-corrected chi connectivity index (χ4v) is 1.78. The number of urea groups is 1. The fraction of sp³-hybridized carbons (Fsp3) is 0.133. The van der Waals surface area contributed by atoms with Crippen molar-refractivity contribution in [3.05, 3.63) is 70.1 Å². The Kier molecular flexibility index (Phi) is 4.18. The molecule has 0 atom stereocenters. The molecule has 108 valence electrons. The number of nitro groups is 1. The Labute approximate surface area is 122 Å². The summed E-state index contributed by atoms with van der Waals surface area (Å²) >= 11 is 0. The van der Waals surface area contributed by atoms with Gasteiger partial charge in [0.05, 0.1) is 4.92 Å². The highest BCUT2D eigenvalue weighted by atomic mass is 16.6. The van der Waals surface area contributed by atoms with E-state index in [0.29, 0.717) is 0 Å². The van der Waals surface area contributed by atoms with Gasteiger partial charge in [-0.15, -0.1) is 0 Å². The van der Waals surface area contributed by atoms with Gasteiger partial charge in [-0.1, -0.05) is 0 Å². The molecule has 0 bridgehead atoms. The lowest BCUT2D eigenvalue weighted by Crippen LogP contribution is -2.32. The molecule has 0 N–H and O–H groups in total. The van der Waals surface area contributed by atoms with Crippen LogP contribution >= 0.6 is 0 Å². The number of allylic oxidation sites excluding steroid dienone is 3. The molecule has 0 aliphatic carbocycles. The molecule has 6 heteroatoms. The first-order valence-corrected chi connectivity index (χ1v) is 6.29. The highest BCUT2D eigenvalue weighted by Crippen LogP contribution is 2.17. The van der Waals surface area contributed by atoms with Crippen molar-refractivity contribution in [3.8, 4) is 0 Å². The van der Waals surface area contributed by atoms with Crippen LogP contribution in [0.15, 0.2) is 54.4 Å². The molecule has 21 heavy (non-hydrogen) atoms. The summed E-state index contributed by atoms with van der Waals surface area (Å²) in [5, 5.41) is 10.6. The van der Waals surface area contributed by atoms with E-state index in [1.807, 2.05) is 18.2 Å². The average molecular weight is 285 g/mol. The second-order valence-corrected chi connectivity index (χ2v) is 4.71. The van der Waals surface area contributed by atoms with E-state index in [9.17, 15) is 14.9 Å². The van der Waals surface area contributed by atoms with Crippen LogP contribution in [0, 0.1) is 10.1 Å². The minimum atomic E-state index is -0.428. The van der Waals surface area contributed by atoms with Crippen molar-refractivity contribution < 1.29 is 9.72 Å². The molecule has 0 radical (unpaired) electrons. The monoisotopic (exact) mass is 285 g/mol. The number of benzene rings is 1. The Morgan fingerprint density at radius 3 is 2.24 bits per heavy atom. The van der Waals surface area contributed by atoms with Gasteiger partial charge in [-0.2, -0.15) is 0 Å². The van der Waals surface area contributed by atoms with E-state index in [1.54, 1.807) is 38.6 Å². The Morgan fingerprint density at radius 1 is 1.19 bits per heavy atom. The molecule has 0 unspecified atom stereocenters. The molecule has 0 spiro atoms. The molecule has 0 aromatic heterocycles. The predicted molar refractivity (Wildman–Crippen MR) is 80.3 cm³/mol. The van der Waals surface area contributed by atoms with Gasteiger partial charge in [-0.05, 0) is 41.5 Å². The summed E-state index contributed by atoms with van der Waals surface area (Å²) in [6, 6.07) is 6.17. The van der Waals surface area contributed by atoms with Gasteiger partial charge in [0.25, 0.3) is 5.69 Å². The van der Waals surface area contributed by atoms with E-state index in [2.05, 4.69) is 0 Å². The first-order chi connectivity index (χ1) is 9.97. The highest BCUT2D eigenvalue weighted by molar-refractivity contribution is 5.77. The number of carbonyl (C=O) groups excluding carboxylic acids is 1. The van der Waals surface area contributed by atoms with E-state index in [-0.39, 0.29) is 11.7 Å². The zero-order chi connectivity index (χ0) is 15.4. The number of nitrogens with zero attached hydrogens (tertiary/aromatic N) is 3. The van der Waals surface area contributed by atoms with Crippen LogP contribution < -0.4 is 0 Å². The molecule has 6 nitrogen and oxygen atoms in total. The number of non-ortho nitro benzene ring substituents is 1. The van der Waals surface area contributed by atoms with Crippen LogP contribution in [0.3, 0.4) is 0 Å². The smallest absolute Gasteiger partial charge is 0.327 e. The molecular weight excluding hydrogens is 270 g/mol. The molecular formula is C15H15N3O3. The minimum Gasteiger partial charge on any atom is -0.330 e. The first kappa shape index (κ1) is 14.5. The van der Waals surface area contributed by atoms with Gasteiger partial charge in [-0.3, -0.25) is 15.0 Å². The first-order valence-electron chi connectivity index (χ1n) is 6.29. The van der Waals surface area contributed by atoms with E-state index >= 15 is 0 Å². The van der Waals surface area contributed by atoms with Gasteiger partial charge in [0.15, 0.2) is 0 Å². The molecule has 2 amide bonds. The maximum absolute atomic E-state index is 11.7. The normalized spacial score (nSPS) is 13.2. The van der Waals surface area contributed by atoms with Crippen LogP contribution in [-0.2, 0) is 0 Å². The number of amides is 2. The summed E-state index contributed by atoms with van der Waals surface area (Å²) in [7, 11) is 3.37. The lowest BCUT2D eigenvalue weighted by atomic mass is 10.1. The molecule has 1 aromatic carbocycles. The zero-order valence-corrected chi connectivity index (χ0v) is 11.8. The van der Waals surface area contributed by atoms with Gasteiger partial charge >= 0.3 is 6.03 Å². The molecule has 1 heterocycles. The SMILES string of the molecule is CN(C)C(=O)N1C=CC(=Cc2ccc([N+](=O)[O-])cc2)C=C1. The van der Waals surface area contributed by atoms with Gasteiger partial charge < -0.3 is 4.90 Å². The maximum atomic E-state index is 11.7. The van der Waals surface area contributed by atoms with Crippen molar-refractivity contribution in [2.75, 3.05) is 14.1 Å². The summed E-state index contributed by atoms with van der Waals surface area (Å²) in [6.07, 6.45) is 8.86. The largest absolute Gasteiger partial charge is 0.330 e. The maximum Gasteiger partial charge on any atom is 0.327 e. The Bertz CT molecular complexity index is 627. The lowest BCUT2D eigenvalue weighted by molar-refractivity contribution is -0.384. The van der Waals surface area contributed by atoms with Crippen molar-refractivity contribution in [3.63, 3.8) is 0 Å². The molecule has 0 fully saturated rings. The zero-order valence-electron chi connectivity index (χ0n) is 11.8. The quantitative estimate of drug-likeness (QED) is 0.619. The van der Waals surface area contributed by atoms with Crippen molar-refractivity contribution in [1.29, 1.82) is 0 Å². The van der Waals surface area contributed by atoms with Crippen LogP contribution in [0.25, 0.3) is 6.08 Å².